The van der Waals surface area contributed by atoms with Crippen molar-refractivity contribution in [3.8, 4) is 5.75 Å². The minimum absolute atomic E-state index is 0.698. The molecular weight excluding hydrogens is 240 g/mol. The maximum atomic E-state index is 5.21. The molecule has 19 heavy (non-hydrogen) atoms. The molecule has 1 N–H and O–H groups in total. The molecule has 0 saturated heterocycles. The second-order valence-corrected chi connectivity index (χ2v) is 4.91. The van der Waals surface area contributed by atoms with Gasteiger partial charge in [0, 0.05) is 12.6 Å². The zero-order valence-electron chi connectivity index (χ0n) is 11.0. The van der Waals surface area contributed by atoms with Crippen molar-refractivity contribution >= 4 is 0 Å². The average molecular weight is 258 g/mol. The summed E-state index contributed by atoms with van der Waals surface area (Å²) >= 11 is 0. The van der Waals surface area contributed by atoms with E-state index < -0.39 is 0 Å². The van der Waals surface area contributed by atoms with Gasteiger partial charge in [-0.15, -0.1) is 5.10 Å². The van der Waals surface area contributed by atoms with Crippen LogP contribution in [-0.4, -0.2) is 28.1 Å². The minimum atomic E-state index is 0.698. The van der Waals surface area contributed by atoms with Crippen molar-refractivity contribution in [2.45, 2.75) is 32.0 Å². The van der Waals surface area contributed by atoms with Gasteiger partial charge < -0.3 is 10.1 Å². The summed E-state index contributed by atoms with van der Waals surface area (Å²) in [5, 5.41) is 11.8. The molecular formula is C14H18N4O. The quantitative estimate of drug-likeness (QED) is 0.855. The zero-order valence-corrected chi connectivity index (χ0v) is 11.0. The molecule has 0 atom stereocenters. The van der Waals surface area contributed by atoms with Crippen molar-refractivity contribution in [3.05, 3.63) is 41.7 Å². The summed E-state index contributed by atoms with van der Waals surface area (Å²) in [5.74, 6) is 0.869. The maximum absolute atomic E-state index is 5.21. The van der Waals surface area contributed by atoms with Gasteiger partial charge in [-0.2, -0.15) is 0 Å². The summed E-state index contributed by atoms with van der Waals surface area (Å²) in [6.45, 7) is 1.52. The standard InChI is InChI=1S/C14H18N4O/c1-19-14-4-2-3-11(7-14)9-18-10-13(16-17-18)8-15-12-5-6-12/h2-4,7,10,12,15H,5-6,8-9H2,1H3. The summed E-state index contributed by atoms with van der Waals surface area (Å²) in [5.41, 5.74) is 2.15. The molecule has 0 spiro atoms. The Balaban J connectivity index is 1.61. The zero-order chi connectivity index (χ0) is 13.1. The Bertz CT molecular complexity index is 548. The fourth-order valence-corrected chi connectivity index (χ4v) is 1.99. The molecule has 0 aliphatic heterocycles. The van der Waals surface area contributed by atoms with Crippen molar-refractivity contribution in [1.82, 2.24) is 20.3 Å². The second kappa shape index (κ2) is 5.40. The van der Waals surface area contributed by atoms with Crippen molar-refractivity contribution in [2.75, 3.05) is 7.11 Å². The summed E-state index contributed by atoms with van der Waals surface area (Å²) in [7, 11) is 1.68. The van der Waals surface area contributed by atoms with Crippen LogP contribution in [0.25, 0.3) is 0 Å². The first-order valence-corrected chi connectivity index (χ1v) is 6.59. The largest absolute Gasteiger partial charge is 0.497 e. The van der Waals surface area contributed by atoms with Crippen LogP contribution in [0.4, 0.5) is 0 Å². The first-order chi connectivity index (χ1) is 9.33. The highest BCUT2D eigenvalue weighted by Gasteiger charge is 2.20. The van der Waals surface area contributed by atoms with Gasteiger partial charge >= 0.3 is 0 Å². The number of rotatable bonds is 6. The highest BCUT2D eigenvalue weighted by molar-refractivity contribution is 5.28. The van der Waals surface area contributed by atoms with Crippen LogP contribution in [0, 0.1) is 0 Å². The number of aromatic nitrogens is 3. The highest BCUT2D eigenvalue weighted by atomic mass is 16.5. The fraction of sp³-hybridized carbons (Fsp3) is 0.429. The number of hydrogen-bond acceptors (Lipinski definition) is 4. The van der Waals surface area contributed by atoms with Gasteiger partial charge in [0.05, 0.1) is 25.5 Å². The molecule has 100 valence electrons. The fourth-order valence-electron chi connectivity index (χ4n) is 1.99. The lowest BCUT2D eigenvalue weighted by Crippen LogP contribution is -2.15. The molecule has 0 amide bonds. The Morgan fingerprint density at radius 2 is 2.32 bits per heavy atom. The first-order valence-electron chi connectivity index (χ1n) is 6.59. The average Bonchev–Trinajstić information content (AvgIpc) is 3.17. The molecule has 1 aliphatic carbocycles. The third-order valence-corrected chi connectivity index (χ3v) is 3.21. The number of nitrogens with one attached hydrogen (secondary N) is 1. The number of ether oxygens (including phenoxy) is 1. The van der Waals surface area contributed by atoms with E-state index in [0.717, 1.165) is 23.6 Å². The van der Waals surface area contributed by atoms with Crippen LogP contribution in [0.15, 0.2) is 30.5 Å². The first kappa shape index (κ1) is 12.2. The van der Waals surface area contributed by atoms with Crippen LogP contribution < -0.4 is 10.1 Å². The van der Waals surface area contributed by atoms with E-state index in [1.807, 2.05) is 29.1 Å². The van der Waals surface area contributed by atoms with Crippen LogP contribution in [0.5, 0.6) is 5.75 Å². The molecule has 5 heteroatoms. The summed E-state index contributed by atoms with van der Waals surface area (Å²) in [6, 6.07) is 8.70. The van der Waals surface area contributed by atoms with Crippen LogP contribution >= 0.6 is 0 Å². The van der Waals surface area contributed by atoms with E-state index in [2.05, 4.69) is 21.7 Å². The van der Waals surface area contributed by atoms with E-state index in [1.165, 1.54) is 12.8 Å². The van der Waals surface area contributed by atoms with Gasteiger partial charge in [0.2, 0.25) is 0 Å². The van der Waals surface area contributed by atoms with Crippen LogP contribution in [0.3, 0.4) is 0 Å². The summed E-state index contributed by atoms with van der Waals surface area (Å²) < 4.78 is 7.07. The molecule has 1 aliphatic rings. The van der Waals surface area contributed by atoms with Crippen LogP contribution in [0.2, 0.25) is 0 Å². The van der Waals surface area contributed by atoms with Crippen molar-refractivity contribution in [1.29, 1.82) is 0 Å². The lowest BCUT2D eigenvalue weighted by atomic mass is 10.2. The van der Waals surface area contributed by atoms with Crippen molar-refractivity contribution in [2.24, 2.45) is 0 Å². The van der Waals surface area contributed by atoms with Gasteiger partial charge in [0.1, 0.15) is 5.75 Å². The third kappa shape index (κ3) is 3.32. The van der Waals surface area contributed by atoms with E-state index >= 15 is 0 Å². The van der Waals surface area contributed by atoms with Crippen molar-refractivity contribution in [3.63, 3.8) is 0 Å². The molecule has 5 nitrogen and oxygen atoms in total. The lowest BCUT2D eigenvalue weighted by molar-refractivity contribution is 0.414. The number of nitrogens with zero attached hydrogens (tertiary/aromatic N) is 3. The van der Waals surface area contributed by atoms with Gasteiger partial charge in [-0.1, -0.05) is 17.3 Å². The predicted molar refractivity (Wildman–Crippen MR) is 72.0 cm³/mol. The normalized spacial score (nSPS) is 14.6. The Labute approximate surface area is 112 Å². The van der Waals surface area contributed by atoms with Gasteiger partial charge in [-0.05, 0) is 30.5 Å². The third-order valence-electron chi connectivity index (χ3n) is 3.21. The van der Waals surface area contributed by atoms with E-state index in [0.29, 0.717) is 12.6 Å². The number of benzene rings is 1. The van der Waals surface area contributed by atoms with Gasteiger partial charge in [-0.3, -0.25) is 0 Å². The molecule has 0 unspecified atom stereocenters. The Morgan fingerprint density at radius 1 is 1.42 bits per heavy atom. The van der Waals surface area contributed by atoms with Gasteiger partial charge in [-0.25, -0.2) is 4.68 Å². The summed E-state index contributed by atoms with van der Waals surface area (Å²) in [6.07, 6.45) is 4.57. The van der Waals surface area contributed by atoms with E-state index in [1.54, 1.807) is 7.11 Å². The van der Waals surface area contributed by atoms with Crippen molar-refractivity contribution < 1.29 is 4.74 Å². The molecule has 0 bridgehead atoms. The Kier molecular flexibility index (Phi) is 3.46. The van der Waals surface area contributed by atoms with E-state index in [-0.39, 0.29) is 0 Å². The smallest absolute Gasteiger partial charge is 0.119 e. The molecule has 1 heterocycles. The van der Waals surface area contributed by atoms with Crippen LogP contribution in [0.1, 0.15) is 24.1 Å². The topological polar surface area (TPSA) is 52.0 Å². The monoisotopic (exact) mass is 258 g/mol. The van der Waals surface area contributed by atoms with Crippen LogP contribution in [-0.2, 0) is 13.1 Å². The molecule has 3 rings (SSSR count). The Morgan fingerprint density at radius 3 is 3.11 bits per heavy atom. The lowest BCUT2D eigenvalue weighted by Gasteiger charge is -2.03. The van der Waals surface area contributed by atoms with Gasteiger partial charge in [0.15, 0.2) is 0 Å². The number of methoxy groups -OCH3 is 1. The molecule has 0 radical (unpaired) electrons. The van der Waals surface area contributed by atoms with Gasteiger partial charge in [0.25, 0.3) is 0 Å². The van der Waals surface area contributed by atoms with E-state index in [9.17, 15) is 0 Å². The second-order valence-electron chi connectivity index (χ2n) is 4.91. The Hall–Kier alpha value is -1.88. The predicted octanol–water partition coefficient (Wildman–Crippen LogP) is 1.59. The molecule has 1 saturated carbocycles. The molecule has 1 aromatic carbocycles. The molecule has 1 fully saturated rings. The number of hydrogen-bond donors (Lipinski definition) is 1. The molecule has 1 aromatic heterocycles. The summed E-state index contributed by atoms with van der Waals surface area (Å²) in [4.78, 5) is 0. The molecule has 2 aromatic rings. The maximum Gasteiger partial charge on any atom is 0.119 e. The SMILES string of the molecule is COc1cccc(Cn2cc(CNC3CC3)nn2)c1. The van der Waals surface area contributed by atoms with E-state index in [4.69, 9.17) is 4.74 Å². The minimum Gasteiger partial charge on any atom is -0.497 e. The highest BCUT2D eigenvalue weighted by Crippen LogP contribution is 2.19.